The van der Waals surface area contributed by atoms with Gasteiger partial charge in [0.15, 0.2) is 5.78 Å². The number of Topliss-reactive ketones (excluding diaryl/α,β-unsaturated/α-hetero) is 1. The second kappa shape index (κ2) is 6.53. The highest BCUT2D eigenvalue weighted by Gasteiger charge is 2.14. The maximum absolute atomic E-state index is 12.6. The normalized spacial score (nSPS) is 10.4. The minimum absolute atomic E-state index is 0.0133. The van der Waals surface area contributed by atoms with Gasteiger partial charge >= 0.3 is 0 Å². The molecule has 0 aromatic heterocycles. The first-order valence-corrected chi connectivity index (χ1v) is 7.43. The fourth-order valence-electron chi connectivity index (χ4n) is 2.47. The second-order valence-corrected chi connectivity index (χ2v) is 5.57. The van der Waals surface area contributed by atoms with Crippen LogP contribution in [0.2, 0.25) is 0 Å². The van der Waals surface area contributed by atoms with E-state index >= 15 is 0 Å². The summed E-state index contributed by atoms with van der Waals surface area (Å²) >= 11 is 0. The van der Waals surface area contributed by atoms with Gasteiger partial charge < -0.3 is 0 Å². The van der Waals surface area contributed by atoms with Crippen LogP contribution in [0.4, 0.5) is 0 Å². The van der Waals surface area contributed by atoms with Gasteiger partial charge in [-0.3, -0.25) is 4.79 Å². The molecule has 0 aliphatic rings. The summed E-state index contributed by atoms with van der Waals surface area (Å²) in [7, 11) is 0. The van der Waals surface area contributed by atoms with E-state index in [0.717, 1.165) is 29.5 Å². The molecule has 0 atom stereocenters. The van der Waals surface area contributed by atoms with Gasteiger partial charge in [-0.15, -0.1) is 0 Å². The molecule has 0 radical (unpaired) electrons. The van der Waals surface area contributed by atoms with Crippen LogP contribution < -0.4 is 0 Å². The van der Waals surface area contributed by atoms with Crippen molar-refractivity contribution < 1.29 is 4.79 Å². The number of ketones is 1. The molecule has 2 aromatic rings. The molecule has 0 aliphatic heterocycles. The molecular weight excluding hydrogens is 256 g/mol. The zero-order valence-electron chi connectivity index (χ0n) is 13.1. The molecule has 0 fully saturated rings. The maximum Gasteiger partial charge on any atom is 0.193 e. The Bertz CT molecular complexity index is 663. The van der Waals surface area contributed by atoms with Crippen molar-refractivity contribution in [3.63, 3.8) is 0 Å². The van der Waals surface area contributed by atoms with Crippen LogP contribution in [0.5, 0.6) is 0 Å². The van der Waals surface area contributed by atoms with Crippen LogP contribution in [0.3, 0.4) is 0 Å². The average molecular weight is 278 g/mol. The van der Waals surface area contributed by atoms with Gasteiger partial charge in [-0.25, -0.2) is 0 Å². The topological polar surface area (TPSA) is 17.1 Å². The van der Waals surface area contributed by atoms with Crippen molar-refractivity contribution in [2.24, 2.45) is 0 Å². The van der Waals surface area contributed by atoms with Gasteiger partial charge in [0.05, 0.1) is 0 Å². The number of aryl methyl sites for hydroxylation is 3. The third-order valence-electron chi connectivity index (χ3n) is 3.75. The zero-order chi connectivity index (χ0) is 15.4. The number of carbonyl (C=O) groups excluding carboxylic acids is 1. The van der Waals surface area contributed by atoms with Gasteiger partial charge in [0.1, 0.15) is 0 Å². The summed E-state index contributed by atoms with van der Waals surface area (Å²) in [6.45, 7) is 10.2. The third kappa shape index (κ3) is 3.49. The van der Waals surface area contributed by atoms with E-state index in [9.17, 15) is 4.79 Å². The van der Waals surface area contributed by atoms with Crippen molar-refractivity contribution >= 4 is 11.4 Å². The van der Waals surface area contributed by atoms with Crippen molar-refractivity contribution in [2.75, 3.05) is 0 Å². The SMILES string of the molecule is C=C(C(=O)c1ccc(CCC)cc1C)c1ccc(C)cc1. The van der Waals surface area contributed by atoms with Crippen LogP contribution in [-0.4, -0.2) is 5.78 Å². The molecule has 0 spiro atoms. The van der Waals surface area contributed by atoms with Crippen LogP contribution in [0, 0.1) is 13.8 Å². The monoisotopic (exact) mass is 278 g/mol. The molecule has 1 heteroatoms. The Hall–Kier alpha value is -2.15. The summed E-state index contributed by atoms with van der Waals surface area (Å²) < 4.78 is 0. The number of hydrogen-bond donors (Lipinski definition) is 0. The summed E-state index contributed by atoms with van der Waals surface area (Å²) in [6, 6.07) is 14.0. The van der Waals surface area contributed by atoms with E-state index in [4.69, 9.17) is 0 Å². The minimum Gasteiger partial charge on any atom is -0.289 e. The molecule has 2 aromatic carbocycles. The Morgan fingerprint density at radius 3 is 2.29 bits per heavy atom. The first kappa shape index (κ1) is 15.2. The van der Waals surface area contributed by atoms with Crippen LogP contribution in [0.25, 0.3) is 5.57 Å². The second-order valence-electron chi connectivity index (χ2n) is 5.57. The van der Waals surface area contributed by atoms with Crippen molar-refractivity contribution in [1.29, 1.82) is 0 Å². The number of rotatable bonds is 5. The van der Waals surface area contributed by atoms with E-state index in [1.807, 2.05) is 50.2 Å². The van der Waals surface area contributed by atoms with Crippen LogP contribution in [-0.2, 0) is 6.42 Å². The molecular formula is C20H22O. The highest BCUT2D eigenvalue weighted by atomic mass is 16.1. The van der Waals surface area contributed by atoms with E-state index in [-0.39, 0.29) is 5.78 Å². The first-order valence-electron chi connectivity index (χ1n) is 7.43. The third-order valence-corrected chi connectivity index (χ3v) is 3.75. The largest absolute Gasteiger partial charge is 0.289 e. The Morgan fingerprint density at radius 2 is 1.71 bits per heavy atom. The Morgan fingerprint density at radius 1 is 1.05 bits per heavy atom. The lowest BCUT2D eigenvalue weighted by molar-refractivity contribution is 0.105. The number of allylic oxidation sites excluding steroid dienone is 1. The Kier molecular flexibility index (Phi) is 4.74. The first-order chi connectivity index (χ1) is 10.0. The Labute approximate surface area is 127 Å². The van der Waals surface area contributed by atoms with Gasteiger partial charge in [-0.2, -0.15) is 0 Å². The zero-order valence-corrected chi connectivity index (χ0v) is 13.1. The number of benzene rings is 2. The maximum atomic E-state index is 12.6. The molecule has 0 heterocycles. The predicted octanol–water partition coefficient (Wildman–Crippen LogP) is 5.15. The predicted molar refractivity (Wildman–Crippen MR) is 89.7 cm³/mol. The quantitative estimate of drug-likeness (QED) is 0.546. The van der Waals surface area contributed by atoms with E-state index in [2.05, 4.69) is 19.6 Å². The van der Waals surface area contributed by atoms with Crippen molar-refractivity contribution in [2.45, 2.75) is 33.6 Å². The lowest BCUT2D eigenvalue weighted by Gasteiger charge is -2.10. The lowest BCUT2D eigenvalue weighted by Crippen LogP contribution is -2.04. The lowest BCUT2D eigenvalue weighted by atomic mass is 9.93. The molecule has 0 bridgehead atoms. The molecule has 0 unspecified atom stereocenters. The summed E-state index contributed by atoms with van der Waals surface area (Å²) in [6.07, 6.45) is 2.16. The average Bonchev–Trinajstić information content (AvgIpc) is 2.47. The van der Waals surface area contributed by atoms with E-state index in [1.165, 1.54) is 11.1 Å². The van der Waals surface area contributed by atoms with Crippen LogP contribution in [0.15, 0.2) is 49.0 Å². The van der Waals surface area contributed by atoms with Gasteiger partial charge in [-0.05, 0) is 37.0 Å². The fourth-order valence-corrected chi connectivity index (χ4v) is 2.47. The standard InChI is InChI=1S/C20H22O/c1-5-6-17-9-12-19(15(3)13-17)20(21)16(4)18-10-7-14(2)8-11-18/h7-13H,4-6H2,1-3H3. The Balaban J connectivity index is 2.27. The molecule has 108 valence electrons. The van der Waals surface area contributed by atoms with E-state index in [0.29, 0.717) is 5.57 Å². The molecule has 0 amide bonds. The van der Waals surface area contributed by atoms with Crippen molar-refractivity contribution in [1.82, 2.24) is 0 Å². The summed E-state index contributed by atoms with van der Waals surface area (Å²) in [5.74, 6) is 0.0133. The molecule has 0 aliphatic carbocycles. The van der Waals surface area contributed by atoms with E-state index in [1.54, 1.807) is 0 Å². The van der Waals surface area contributed by atoms with Crippen LogP contribution in [0.1, 0.15) is 46.0 Å². The molecule has 2 rings (SSSR count). The number of hydrogen-bond acceptors (Lipinski definition) is 1. The summed E-state index contributed by atoms with van der Waals surface area (Å²) in [5.41, 5.74) is 5.69. The van der Waals surface area contributed by atoms with Gasteiger partial charge in [-0.1, -0.05) is 68.0 Å². The van der Waals surface area contributed by atoms with Gasteiger partial charge in [0.2, 0.25) is 0 Å². The molecule has 21 heavy (non-hydrogen) atoms. The van der Waals surface area contributed by atoms with Crippen LogP contribution >= 0.6 is 0 Å². The number of carbonyl (C=O) groups is 1. The smallest absolute Gasteiger partial charge is 0.193 e. The summed E-state index contributed by atoms with van der Waals surface area (Å²) in [4.78, 5) is 12.6. The van der Waals surface area contributed by atoms with Gasteiger partial charge in [0.25, 0.3) is 0 Å². The highest BCUT2D eigenvalue weighted by molar-refractivity contribution is 6.28. The molecule has 1 nitrogen and oxygen atoms in total. The summed E-state index contributed by atoms with van der Waals surface area (Å²) in [5, 5.41) is 0. The van der Waals surface area contributed by atoms with E-state index < -0.39 is 0 Å². The molecule has 0 saturated heterocycles. The minimum atomic E-state index is 0.0133. The van der Waals surface area contributed by atoms with Crippen molar-refractivity contribution in [3.05, 3.63) is 76.9 Å². The fraction of sp³-hybridized carbons (Fsp3) is 0.250. The van der Waals surface area contributed by atoms with Crippen molar-refractivity contribution in [3.8, 4) is 0 Å². The van der Waals surface area contributed by atoms with Gasteiger partial charge in [0, 0.05) is 11.1 Å². The highest BCUT2D eigenvalue weighted by Crippen LogP contribution is 2.22. The molecule has 0 saturated carbocycles. The molecule has 0 N–H and O–H groups in total.